The molecule has 1 aromatic rings. The van der Waals surface area contributed by atoms with Crippen molar-refractivity contribution in [3.8, 4) is 0 Å². The van der Waals surface area contributed by atoms with Crippen molar-refractivity contribution in [3.63, 3.8) is 0 Å². The van der Waals surface area contributed by atoms with E-state index in [1.165, 1.54) is 0 Å². The minimum atomic E-state index is 0. The fourth-order valence-electron chi connectivity index (χ4n) is 0.252. The van der Waals surface area contributed by atoms with E-state index in [0.29, 0.717) is 4.60 Å². The predicted molar refractivity (Wildman–Crippen MR) is 28.6 cm³/mol. The fourth-order valence-corrected chi connectivity index (χ4v) is 0.476. The third-order valence-electron chi connectivity index (χ3n) is 0.489. The standard InChI is InChI=1S/C4H2BrN2.V/c5-4-2-1-3-6-7-4;/h1,3H;/q-1;+2. The van der Waals surface area contributed by atoms with Crippen molar-refractivity contribution in [3.05, 3.63) is 22.9 Å². The van der Waals surface area contributed by atoms with Gasteiger partial charge in [0.2, 0.25) is 0 Å². The zero-order chi connectivity index (χ0) is 5.11. The molecule has 0 atom stereocenters. The SMILES string of the molecule is Brc1[c-]ccnn1.[V+2]. The maximum Gasteiger partial charge on any atom is 2.00 e. The smallest absolute Gasteiger partial charge is 0.257 e. The Morgan fingerprint density at radius 1 is 1.62 bits per heavy atom. The van der Waals surface area contributed by atoms with Crippen LogP contribution in [-0.2, 0) is 18.6 Å². The number of nitrogens with zero attached hydrogens (tertiary/aromatic N) is 2. The van der Waals surface area contributed by atoms with Crippen LogP contribution in [0, 0.1) is 6.07 Å². The summed E-state index contributed by atoms with van der Waals surface area (Å²) in [4.78, 5) is 0. The van der Waals surface area contributed by atoms with Gasteiger partial charge in [-0.05, 0) is 15.9 Å². The Morgan fingerprint density at radius 2 is 2.38 bits per heavy atom. The van der Waals surface area contributed by atoms with Gasteiger partial charge in [0.25, 0.3) is 0 Å². The number of halogens is 1. The van der Waals surface area contributed by atoms with Crippen LogP contribution < -0.4 is 0 Å². The molecular formula is C4H2BrN2V+. The molecule has 0 fully saturated rings. The van der Waals surface area contributed by atoms with Gasteiger partial charge in [0, 0.05) is 4.60 Å². The number of hydrogen-bond donors (Lipinski definition) is 0. The summed E-state index contributed by atoms with van der Waals surface area (Å²) in [6, 6.07) is 4.47. The third-order valence-corrected chi connectivity index (χ3v) is 0.877. The van der Waals surface area contributed by atoms with E-state index in [9.17, 15) is 0 Å². The summed E-state index contributed by atoms with van der Waals surface area (Å²) in [5.41, 5.74) is 0. The van der Waals surface area contributed by atoms with Gasteiger partial charge in [-0.3, -0.25) is 5.10 Å². The number of aromatic nitrogens is 2. The van der Waals surface area contributed by atoms with E-state index in [0.717, 1.165) is 0 Å². The van der Waals surface area contributed by atoms with Crippen LogP contribution >= 0.6 is 15.9 Å². The normalized spacial score (nSPS) is 7.62. The monoisotopic (exact) mass is 208 g/mol. The summed E-state index contributed by atoms with van der Waals surface area (Å²) in [6.45, 7) is 0. The molecule has 0 aliphatic heterocycles. The molecule has 8 heavy (non-hydrogen) atoms. The van der Waals surface area contributed by atoms with Crippen LogP contribution in [-0.4, -0.2) is 10.2 Å². The molecule has 1 rings (SSSR count). The molecule has 0 saturated carbocycles. The van der Waals surface area contributed by atoms with E-state index >= 15 is 0 Å². The summed E-state index contributed by atoms with van der Waals surface area (Å²) in [6.07, 6.45) is 1.57. The summed E-state index contributed by atoms with van der Waals surface area (Å²) < 4.78 is 0.648. The molecule has 0 amide bonds. The molecule has 0 saturated heterocycles. The topological polar surface area (TPSA) is 25.8 Å². The molecule has 2 nitrogen and oxygen atoms in total. The minimum absolute atomic E-state index is 0. The molecule has 0 N–H and O–H groups in total. The van der Waals surface area contributed by atoms with E-state index in [4.69, 9.17) is 0 Å². The first kappa shape index (κ1) is 8.14. The first-order valence-corrected chi connectivity index (χ1v) is 2.54. The zero-order valence-corrected chi connectivity index (χ0v) is 6.86. The Hall–Kier alpha value is 0.144. The van der Waals surface area contributed by atoms with Crippen molar-refractivity contribution in [2.45, 2.75) is 0 Å². The van der Waals surface area contributed by atoms with Gasteiger partial charge in [-0.25, -0.2) is 12.1 Å². The van der Waals surface area contributed by atoms with Crippen molar-refractivity contribution in [2.75, 3.05) is 0 Å². The average Bonchev–Trinajstić information content (AvgIpc) is 1.69. The van der Waals surface area contributed by atoms with Crippen molar-refractivity contribution in [1.82, 2.24) is 10.2 Å². The van der Waals surface area contributed by atoms with Gasteiger partial charge in [-0.1, -0.05) is 0 Å². The van der Waals surface area contributed by atoms with E-state index in [1.54, 1.807) is 12.3 Å². The molecular weight excluding hydrogens is 207 g/mol. The Bertz CT molecular complexity index is 144. The van der Waals surface area contributed by atoms with E-state index in [1.807, 2.05) is 0 Å². The molecule has 0 bridgehead atoms. The molecule has 0 unspecified atom stereocenters. The Morgan fingerprint density at radius 3 is 2.62 bits per heavy atom. The second-order valence-corrected chi connectivity index (χ2v) is 1.72. The van der Waals surface area contributed by atoms with Crippen molar-refractivity contribution < 1.29 is 18.6 Å². The first-order valence-electron chi connectivity index (χ1n) is 1.74. The van der Waals surface area contributed by atoms with Crippen molar-refractivity contribution in [1.29, 1.82) is 0 Å². The number of rotatable bonds is 0. The molecule has 1 heterocycles. The van der Waals surface area contributed by atoms with Crippen LogP contribution in [0.3, 0.4) is 0 Å². The Balaban J connectivity index is 0.000000490. The van der Waals surface area contributed by atoms with E-state index in [2.05, 4.69) is 32.2 Å². The largest absolute Gasteiger partial charge is 2.00 e. The quantitative estimate of drug-likeness (QED) is 0.596. The molecule has 0 spiro atoms. The molecule has 4 heteroatoms. The molecule has 0 aromatic carbocycles. The Kier molecular flexibility index (Phi) is 4.14. The van der Waals surface area contributed by atoms with Crippen LogP contribution in [0.4, 0.5) is 0 Å². The van der Waals surface area contributed by atoms with Crippen molar-refractivity contribution >= 4 is 15.9 Å². The first-order chi connectivity index (χ1) is 3.39. The molecule has 1 aromatic heterocycles. The van der Waals surface area contributed by atoms with Crippen LogP contribution in [0.2, 0.25) is 0 Å². The van der Waals surface area contributed by atoms with Crippen LogP contribution in [0.1, 0.15) is 0 Å². The van der Waals surface area contributed by atoms with Crippen LogP contribution in [0.15, 0.2) is 16.9 Å². The molecule has 39 valence electrons. The van der Waals surface area contributed by atoms with Crippen LogP contribution in [0.25, 0.3) is 0 Å². The van der Waals surface area contributed by atoms with Gasteiger partial charge >= 0.3 is 18.6 Å². The summed E-state index contributed by atoms with van der Waals surface area (Å²) in [5, 5.41) is 7.15. The molecule has 1 radical (unpaired) electrons. The average molecular weight is 209 g/mol. The fraction of sp³-hybridized carbons (Fsp3) is 0. The maximum atomic E-state index is 3.59. The third kappa shape index (κ3) is 2.45. The van der Waals surface area contributed by atoms with Gasteiger partial charge in [0.05, 0.1) is 0 Å². The van der Waals surface area contributed by atoms with E-state index < -0.39 is 0 Å². The summed E-state index contributed by atoms with van der Waals surface area (Å²) in [7, 11) is 0. The number of hydrogen-bond acceptors (Lipinski definition) is 2. The van der Waals surface area contributed by atoms with Gasteiger partial charge < -0.3 is 0 Å². The second-order valence-electron chi connectivity index (χ2n) is 0.966. The maximum absolute atomic E-state index is 3.59. The van der Waals surface area contributed by atoms with E-state index in [-0.39, 0.29) is 18.6 Å². The zero-order valence-electron chi connectivity index (χ0n) is 3.87. The predicted octanol–water partition coefficient (Wildman–Crippen LogP) is 1.04. The van der Waals surface area contributed by atoms with Gasteiger partial charge in [0.15, 0.2) is 0 Å². The second kappa shape index (κ2) is 4.07. The van der Waals surface area contributed by atoms with Crippen LogP contribution in [0.5, 0.6) is 0 Å². The van der Waals surface area contributed by atoms with Gasteiger partial charge in [-0.2, -0.15) is 5.10 Å². The minimum Gasteiger partial charge on any atom is -0.257 e. The summed E-state index contributed by atoms with van der Waals surface area (Å²) in [5.74, 6) is 0. The van der Waals surface area contributed by atoms with Gasteiger partial charge in [-0.15, -0.1) is 6.20 Å². The van der Waals surface area contributed by atoms with Gasteiger partial charge in [0.1, 0.15) is 0 Å². The molecule has 0 aliphatic carbocycles. The summed E-state index contributed by atoms with van der Waals surface area (Å²) >= 11 is 3.08. The van der Waals surface area contributed by atoms with Crippen molar-refractivity contribution in [2.24, 2.45) is 0 Å². The Labute approximate surface area is 67.7 Å². The molecule has 0 aliphatic rings.